The second-order valence-corrected chi connectivity index (χ2v) is 9.34. The molecule has 1 saturated carbocycles. The van der Waals surface area contributed by atoms with Crippen LogP contribution >= 0.6 is 11.8 Å². The lowest BCUT2D eigenvalue weighted by molar-refractivity contribution is -0.118. The number of carbonyl (C=O) groups is 1. The molecule has 1 aromatic carbocycles. The van der Waals surface area contributed by atoms with E-state index in [2.05, 4.69) is 22.4 Å². The van der Waals surface area contributed by atoms with E-state index >= 15 is 0 Å². The highest BCUT2D eigenvalue weighted by atomic mass is 32.2. The molecule has 4 rings (SSSR count). The quantitative estimate of drug-likeness (QED) is 0.401. The molecule has 2 heterocycles. The summed E-state index contributed by atoms with van der Waals surface area (Å²) in [4.78, 5) is 25.5. The lowest BCUT2D eigenvalue weighted by Gasteiger charge is -2.21. The highest BCUT2D eigenvalue weighted by molar-refractivity contribution is 7.99. The fourth-order valence-electron chi connectivity index (χ4n) is 4.38. The number of hydrogen-bond donors (Lipinski definition) is 1. The molecule has 0 spiro atoms. The number of aryl methyl sites for hydroxylation is 1. The van der Waals surface area contributed by atoms with E-state index in [-0.39, 0.29) is 17.2 Å². The molecule has 8 heteroatoms. The number of rotatable bonds is 9. The Bertz CT molecular complexity index is 1100. The predicted octanol–water partition coefficient (Wildman–Crippen LogP) is 4.02. The Labute approximate surface area is 186 Å². The van der Waals surface area contributed by atoms with Gasteiger partial charge in [-0.2, -0.15) is 0 Å². The second kappa shape index (κ2) is 10.3. The fourth-order valence-corrected chi connectivity index (χ4v) is 5.15. The summed E-state index contributed by atoms with van der Waals surface area (Å²) >= 11 is 1.37. The van der Waals surface area contributed by atoms with Gasteiger partial charge in [0.2, 0.25) is 11.7 Å². The molecule has 1 N–H and O–H groups in total. The topological polar surface area (TPSA) is 81.3 Å². The Balaban J connectivity index is 1.54. The number of hydrogen-bond acceptors (Lipinski definition) is 5. The summed E-state index contributed by atoms with van der Waals surface area (Å²) in [6, 6.07) is 7.55. The Morgan fingerprint density at radius 2 is 1.97 bits per heavy atom. The van der Waals surface area contributed by atoms with Crippen LogP contribution in [-0.4, -0.2) is 37.4 Å². The van der Waals surface area contributed by atoms with Crippen LogP contribution in [0.4, 0.5) is 0 Å². The van der Waals surface area contributed by atoms with Crippen molar-refractivity contribution in [2.75, 3.05) is 12.3 Å². The molecule has 1 amide bonds. The van der Waals surface area contributed by atoms with Crippen molar-refractivity contribution >= 4 is 34.3 Å². The van der Waals surface area contributed by atoms with Crippen LogP contribution in [0.3, 0.4) is 0 Å². The number of carbonyl (C=O) groups excluding carboxylic acids is 1. The van der Waals surface area contributed by atoms with Gasteiger partial charge in [-0.15, -0.1) is 10.2 Å². The maximum Gasteiger partial charge on any atom is 0.262 e. The summed E-state index contributed by atoms with van der Waals surface area (Å²) in [5.74, 6) is 1.47. The maximum absolute atomic E-state index is 13.1. The monoisotopic (exact) mass is 441 g/mol. The zero-order valence-corrected chi connectivity index (χ0v) is 19.0. The summed E-state index contributed by atoms with van der Waals surface area (Å²) in [6.07, 6.45) is 9.35. The van der Waals surface area contributed by atoms with Gasteiger partial charge >= 0.3 is 0 Å². The van der Waals surface area contributed by atoms with E-state index in [1.807, 2.05) is 28.7 Å². The Hall–Kier alpha value is -2.35. The number of nitrogens with zero attached hydrogens (tertiary/aromatic N) is 4. The summed E-state index contributed by atoms with van der Waals surface area (Å²) in [5.41, 5.74) is 0.748. The average molecular weight is 442 g/mol. The lowest BCUT2D eigenvalue weighted by atomic mass is 9.89. The van der Waals surface area contributed by atoms with Gasteiger partial charge in [0.1, 0.15) is 0 Å². The number of amides is 1. The molecule has 0 aliphatic heterocycles. The number of thioether (sulfide) groups is 1. The van der Waals surface area contributed by atoms with E-state index < -0.39 is 0 Å². The van der Waals surface area contributed by atoms with Crippen LogP contribution in [-0.2, 0) is 11.3 Å². The molecule has 166 valence electrons. The molecule has 2 aromatic heterocycles. The average Bonchev–Trinajstić information content (AvgIpc) is 3.23. The first-order chi connectivity index (χ1) is 15.2. The molecule has 0 radical (unpaired) electrons. The molecule has 1 aliphatic carbocycles. The minimum Gasteiger partial charge on any atom is -0.355 e. The zero-order valence-electron chi connectivity index (χ0n) is 18.2. The van der Waals surface area contributed by atoms with Crippen LogP contribution in [0.15, 0.2) is 34.2 Å². The smallest absolute Gasteiger partial charge is 0.262 e. The SMILES string of the molecule is CCCCCn1c(=O)c2ccccc2n2c(SCC(=O)NCC3CCCCC3)nnc12. The maximum atomic E-state index is 13.1. The van der Waals surface area contributed by atoms with Gasteiger partial charge in [-0.05, 0) is 37.3 Å². The minimum absolute atomic E-state index is 0.0212. The Morgan fingerprint density at radius 3 is 2.77 bits per heavy atom. The summed E-state index contributed by atoms with van der Waals surface area (Å²) in [7, 11) is 0. The number of benzene rings is 1. The first-order valence-electron chi connectivity index (χ1n) is 11.4. The highest BCUT2D eigenvalue weighted by Gasteiger charge is 2.18. The normalized spacial score (nSPS) is 15.0. The standard InChI is InChI=1S/C23H31N5O2S/c1-2-3-9-14-27-21(30)18-12-7-8-13-19(18)28-22(27)25-26-23(28)31-16-20(29)24-15-17-10-5-4-6-11-17/h7-8,12-13,17H,2-6,9-11,14-16H2,1H3,(H,24,29). The van der Waals surface area contributed by atoms with Gasteiger partial charge in [-0.3, -0.25) is 18.6 Å². The van der Waals surface area contributed by atoms with E-state index in [1.54, 1.807) is 4.57 Å². The van der Waals surface area contributed by atoms with Crippen molar-refractivity contribution in [1.29, 1.82) is 0 Å². The fraction of sp³-hybridized carbons (Fsp3) is 0.565. The molecule has 7 nitrogen and oxygen atoms in total. The number of fused-ring (bicyclic) bond motifs is 3. The van der Waals surface area contributed by atoms with Crippen LogP contribution in [0, 0.1) is 5.92 Å². The van der Waals surface area contributed by atoms with E-state index in [9.17, 15) is 9.59 Å². The van der Waals surface area contributed by atoms with Crippen molar-refractivity contribution in [3.63, 3.8) is 0 Å². The van der Waals surface area contributed by atoms with Crippen LogP contribution in [0.1, 0.15) is 58.3 Å². The largest absolute Gasteiger partial charge is 0.355 e. The van der Waals surface area contributed by atoms with Gasteiger partial charge in [0, 0.05) is 13.1 Å². The minimum atomic E-state index is -0.0339. The van der Waals surface area contributed by atoms with E-state index in [0.29, 0.717) is 28.8 Å². The number of nitrogens with one attached hydrogen (secondary N) is 1. The highest BCUT2D eigenvalue weighted by Crippen LogP contribution is 2.24. The first kappa shape index (κ1) is 21.9. The Morgan fingerprint density at radius 1 is 1.16 bits per heavy atom. The molecule has 1 fully saturated rings. The second-order valence-electron chi connectivity index (χ2n) is 8.40. The van der Waals surface area contributed by atoms with Crippen molar-refractivity contribution in [2.24, 2.45) is 5.92 Å². The molecule has 0 unspecified atom stereocenters. The van der Waals surface area contributed by atoms with Crippen molar-refractivity contribution in [3.8, 4) is 0 Å². The molecule has 0 saturated heterocycles. The van der Waals surface area contributed by atoms with Gasteiger partial charge < -0.3 is 5.32 Å². The summed E-state index contributed by atoms with van der Waals surface area (Å²) in [6.45, 7) is 3.52. The van der Waals surface area contributed by atoms with Gasteiger partial charge in [-0.25, -0.2) is 0 Å². The molecule has 1 aliphatic rings. The predicted molar refractivity (Wildman–Crippen MR) is 125 cm³/mol. The van der Waals surface area contributed by atoms with Crippen molar-refractivity contribution < 1.29 is 4.79 Å². The number of unbranched alkanes of at least 4 members (excludes halogenated alkanes) is 2. The number of para-hydroxylation sites is 1. The van der Waals surface area contributed by atoms with Crippen LogP contribution in [0.25, 0.3) is 16.7 Å². The third-order valence-electron chi connectivity index (χ3n) is 6.11. The summed E-state index contributed by atoms with van der Waals surface area (Å²) in [5, 5.41) is 13.0. The van der Waals surface area contributed by atoms with Gasteiger partial charge in [0.25, 0.3) is 5.56 Å². The van der Waals surface area contributed by atoms with Gasteiger partial charge in [-0.1, -0.05) is 62.9 Å². The lowest BCUT2D eigenvalue weighted by Crippen LogP contribution is -2.31. The van der Waals surface area contributed by atoms with Crippen molar-refractivity contribution in [1.82, 2.24) is 24.5 Å². The van der Waals surface area contributed by atoms with E-state index in [4.69, 9.17) is 0 Å². The molecule has 3 aromatic rings. The van der Waals surface area contributed by atoms with Gasteiger partial charge in [0.05, 0.1) is 16.7 Å². The number of aromatic nitrogens is 4. The molecular formula is C23H31N5O2S. The third-order valence-corrected chi connectivity index (χ3v) is 7.04. The molecular weight excluding hydrogens is 410 g/mol. The van der Waals surface area contributed by atoms with Crippen molar-refractivity contribution in [3.05, 3.63) is 34.6 Å². The first-order valence-corrected chi connectivity index (χ1v) is 12.4. The van der Waals surface area contributed by atoms with Crippen LogP contribution < -0.4 is 10.9 Å². The molecule has 31 heavy (non-hydrogen) atoms. The van der Waals surface area contributed by atoms with Crippen LogP contribution in [0.2, 0.25) is 0 Å². The molecule has 0 atom stereocenters. The Kier molecular flexibility index (Phi) is 7.27. The zero-order chi connectivity index (χ0) is 21.6. The van der Waals surface area contributed by atoms with E-state index in [1.165, 1.54) is 43.9 Å². The van der Waals surface area contributed by atoms with Crippen molar-refractivity contribution in [2.45, 2.75) is 70.0 Å². The molecule has 0 bridgehead atoms. The van der Waals surface area contributed by atoms with E-state index in [0.717, 1.165) is 31.3 Å². The summed E-state index contributed by atoms with van der Waals surface area (Å²) < 4.78 is 3.64. The third kappa shape index (κ3) is 4.95. The van der Waals surface area contributed by atoms with Gasteiger partial charge in [0.15, 0.2) is 5.16 Å². The van der Waals surface area contributed by atoms with Crippen LogP contribution in [0.5, 0.6) is 0 Å².